The summed E-state index contributed by atoms with van der Waals surface area (Å²) in [6.07, 6.45) is 0.829. The van der Waals surface area contributed by atoms with Crippen molar-refractivity contribution in [1.82, 2.24) is 0 Å². The Morgan fingerprint density at radius 2 is 2.29 bits per heavy atom. The van der Waals surface area contributed by atoms with E-state index in [1.165, 1.54) is 0 Å². The van der Waals surface area contributed by atoms with Gasteiger partial charge in [0.05, 0.1) is 18.2 Å². The van der Waals surface area contributed by atoms with Crippen LogP contribution >= 0.6 is 0 Å². The van der Waals surface area contributed by atoms with E-state index in [2.05, 4.69) is 4.90 Å². The lowest BCUT2D eigenvalue weighted by Crippen LogP contribution is -2.27. The number of carbonyl (C=O) groups excluding carboxylic acids is 1. The molecule has 1 aliphatic heterocycles. The van der Waals surface area contributed by atoms with Gasteiger partial charge in [0, 0.05) is 13.1 Å². The molecule has 4 heteroatoms. The van der Waals surface area contributed by atoms with Crippen LogP contribution in [0.4, 0.5) is 5.69 Å². The third-order valence-electron chi connectivity index (χ3n) is 3.10. The minimum absolute atomic E-state index is 0.0373. The number of nitrogens with zero attached hydrogens (tertiary/aromatic N) is 1. The summed E-state index contributed by atoms with van der Waals surface area (Å²) in [4.78, 5) is 13.3. The second kappa shape index (κ2) is 5.08. The first-order valence-electron chi connectivity index (χ1n) is 5.98. The van der Waals surface area contributed by atoms with Crippen LogP contribution in [-0.4, -0.2) is 25.6 Å². The van der Waals surface area contributed by atoms with Crippen LogP contribution in [0.5, 0.6) is 5.75 Å². The first-order valence-corrected chi connectivity index (χ1v) is 5.98. The molecule has 1 unspecified atom stereocenters. The smallest absolute Gasteiger partial charge is 0.222 e. The van der Waals surface area contributed by atoms with Gasteiger partial charge >= 0.3 is 0 Å². The van der Waals surface area contributed by atoms with Gasteiger partial charge in [-0.25, -0.2) is 0 Å². The molecular weight excluding hydrogens is 216 g/mol. The second-order valence-electron chi connectivity index (χ2n) is 4.23. The maximum atomic E-state index is 11.2. The monoisotopic (exact) mass is 234 g/mol. The summed E-state index contributed by atoms with van der Waals surface area (Å²) in [5, 5.41) is 0. The molecule has 0 aliphatic carbocycles. The molecule has 2 rings (SSSR count). The summed E-state index contributed by atoms with van der Waals surface area (Å²) >= 11 is 0. The Kier molecular flexibility index (Phi) is 3.52. The minimum atomic E-state index is -0.207. The number of ether oxygens (including phenoxy) is 1. The lowest BCUT2D eigenvalue weighted by molar-refractivity contribution is -0.121. The normalized spacial score (nSPS) is 19.4. The van der Waals surface area contributed by atoms with Crippen LogP contribution < -0.4 is 15.4 Å². The van der Waals surface area contributed by atoms with Crippen LogP contribution in [0.15, 0.2) is 24.3 Å². The topological polar surface area (TPSA) is 55.6 Å². The van der Waals surface area contributed by atoms with Gasteiger partial charge in [0.15, 0.2) is 0 Å². The molecule has 1 amide bonds. The fourth-order valence-electron chi connectivity index (χ4n) is 2.21. The third kappa shape index (κ3) is 2.52. The number of rotatable bonds is 4. The molecular formula is C13H18N2O2. The molecule has 4 nitrogen and oxygen atoms in total. The number of nitrogens with two attached hydrogens (primary N) is 1. The summed E-state index contributed by atoms with van der Waals surface area (Å²) in [5.41, 5.74) is 6.39. The quantitative estimate of drug-likeness (QED) is 0.856. The standard InChI is InChI=1S/C13H18N2O2/c1-2-17-12-6-4-3-5-11(12)15-8-7-10(9-15)13(14)16/h3-6,10H,2,7-9H2,1H3,(H2,14,16). The number of carbonyl (C=O) groups is 1. The maximum absolute atomic E-state index is 11.2. The van der Waals surface area contributed by atoms with Crippen LogP contribution in [0.25, 0.3) is 0 Å². The average molecular weight is 234 g/mol. The SMILES string of the molecule is CCOc1ccccc1N1CCC(C(N)=O)C1. The molecule has 0 saturated carbocycles. The van der Waals surface area contributed by atoms with Crippen LogP contribution in [-0.2, 0) is 4.79 Å². The molecule has 1 atom stereocenters. The first-order chi connectivity index (χ1) is 8.22. The maximum Gasteiger partial charge on any atom is 0.222 e. The van der Waals surface area contributed by atoms with Gasteiger partial charge in [0.2, 0.25) is 5.91 Å². The number of hydrogen-bond donors (Lipinski definition) is 1. The Bertz CT molecular complexity index is 406. The fraction of sp³-hybridized carbons (Fsp3) is 0.462. The highest BCUT2D eigenvalue weighted by Crippen LogP contribution is 2.32. The number of anilines is 1. The summed E-state index contributed by atoms with van der Waals surface area (Å²) in [5.74, 6) is 0.631. The van der Waals surface area contributed by atoms with Crippen molar-refractivity contribution in [2.75, 3.05) is 24.6 Å². The van der Waals surface area contributed by atoms with Gasteiger partial charge in [-0.15, -0.1) is 0 Å². The Morgan fingerprint density at radius 3 is 2.94 bits per heavy atom. The lowest BCUT2D eigenvalue weighted by atomic mass is 10.1. The van der Waals surface area contributed by atoms with Crippen molar-refractivity contribution in [3.63, 3.8) is 0 Å². The van der Waals surface area contributed by atoms with Gasteiger partial charge in [-0.3, -0.25) is 4.79 Å². The van der Waals surface area contributed by atoms with E-state index in [4.69, 9.17) is 10.5 Å². The van der Waals surface area contributed by atoms with Crippen molar-refractivity contribution in [1.29, 1.82) is 0 Å². The summed E-state index contributed by atoms with van der Waals surface area (Å²) in [6, 6.07) is 7.91. The van der Waals surface area contributed by atoms with Crippen molar-refractivity contribution in [2.45, 2.75) is 13.3 Å². The number of para-hydroxylation sites is 2. The molecule has 1 aliphatic rings. The van der Waals surface area contributed by atoms with Gasteiger partial charge in [0.1, 0.15) is 5.75 Å². The summed E-state index contributed by atoms with van der Waals surface area (Å²) < 4.78 is 5.59. The van der Waals surface area contributed by atoms with Gasteiger partial charge in [0.25, 0.3) is 0 Å². The van der Waals surface area contributed by atoms with Gasteiger partial charge in [-0.05, 0) is 25.5 Å². The molecule has 1 aromatic carbocycles. The van der Waals surface area contributed by atoms with E-state index in [9.17, 15) is 4.79 Å². The highest BCUT2D eigenvalue weighted by molar-refractivity contribution is 5.78. The van der Waals surface area contributed by atoms with Gasteiger partial charge in [-0.2, -0.15) is 0 Å². The van der Waals surface area contributed by atoms with Crippen molar-refractivity contribution < 1.29 is 9.53 Å². The molecule has 92 valence electrons. The molecule has 0 spiro atoms. The molecule has 0 bridgehead atoms. The van der Waals surface area contributed by atoms with E-state index in [1.54, 1.807) is 0 Å². The second-order valence-corrected chi connectivity index (χ2v) is 4.23. The number of hydrogen-bond acceptors (Lipinski definition) is 3. The molecule has 2 N–H and O–H groups in total. The van der Waals surface area contributed by atoms with Crippen LogP contribution in [0.2, 0.25) is 0 Å². The van der Waals surface area contributed by atoms with Gasteiger partial charge in [-0.1, -0.05) is 12.1 Å². The predicted octanol–water partition coefficient (Wildman–Crippen LogP) is 1.40. The third-order valence-corrected chi connectivity index (χ3v) is 3.10. The molecule has 17 heavy (non-hydrogen) atoms. The Balaban J connectivity index is 2.15. The zero-order chi connectivity index (χ0) is 12.3. The van der Waals surface area contributed by atoms with E-state index >= 15 is 0 Å². The fourth-order valence-corrected chi connectivity index (χ4v) is 2.21. The Hall–Kier alpha value is -1.71. The summed E-state index contributed by atoms with van der Waals surface area (Å²) in [6.45, 7) is 4.16. The van der Waals surface area contributed by atoms with E-state index < -0.39 is 0 Å². The van der Waals surface area contributed by atoms with E-state index in [-0.39, 0.29) is 11.8 Å². The zero-order valence-corrected chi connectivity index (χ0v) is 10.1. The molecule has 1 fully saturated rings. The van der Waals surface area contributed by atoms with E-state index in [1.807, 2.05) is 31.2 Å². The predicted molar refractivity (Wildman–Crippen MR) is 67.1 cm³/mol. The molecule has 1 saturated heterocycles. The number of primary amides is 1. The van der Waals surface area contributed by atoms with Crippen LogP contribution in [0, 0.1) is 5.92 Å². The van der Waals surface area contributed by atoms with Crippen molar-refractivity contribution in [3.05, 3.63) is 24.3 Å². The number of amides is 1. The zero-order valence-electron chi connectivity index (χ0n) is 10.1. The lowest BCUT2D eigenvalue weighted by Gasteiger charge is -2.21. The highest BCUT2D eigenvalue weighted by atomic mass is 16.5. The van der Waals surface area contributed by atoms with Crippen molar-refractivity contribution >= 4 is 11.6 Å². The van der Waals surface area contributed by atoms with Crippen LogP contribution in [0.3, 0.4) is 0 Å². The molecule has 1 heterocycles. The Labute approximate surface area is 101 Å². The highest BCUT2D eigenvalue weighted by Gasteiger charge is 2.27. The number of benzene rings is 1. The Morgan fingerprint density at radius 1 is 1.53 bits per heavy atom. The summed E-state index contributed by atoms with van der Waals surface area (Å²) in [7, 11) is 0. The van der Waals surface area contributed by atoms with Crippen molar-refractivity contribution in [2.24, 2.45) is 11.7 Å². The van der Waals surface area contributed by atoms with Gasteiger partial charge < -0.3 is 15.4 Å². The first kappa shape index (κ1) is 11.8. The minimum Gasteiger partial charge on any atom is -0.492 e. The largest absolute Gasteiger partial charge is 0.492 e. The molecule has 0 aromatic heterocycles. The average Bonchev–Trinajstić information content (AvgIpc) is 2.79. The van der Waals surface area contributed by atoms with E-state index in [0.717, 1.165) is 24.4 Å². The van der Waals surface area contributed by atoms with Crippen molar-refractivity contribution in [3.8, 4) is 5.75 Å². The molecule has 1 aromatic rings. The van der Waals surface area contributed by atoms with Crippen LogP contribution in [0.1, 0.15) is 13.3 Å². The molecule has 0 radical (unpaired) electrons. The van der Waals surface area contributed by atoms with E-state index in [0.29, 0.717) is 13.2 Å².